The van der Waals surface area contributed by atoms with E-state index in [1.165, 1.54) is 38.1 Å². The molecule has 6 nitrogen and oxygen atoms in total. The third-order valence-electron chi connectivity index (χ3n) is 7.70. The summed E-state index contributed by atoms with van der Waals surface area (Å²) in [5, 5.41) is -0.268. The number of nitrogens with zero attached hydrogens (tertiary/aromatic N) is 4. The molecule has 0 radical (unpaired) electrons. The van der Waals surface area contributed by atoms with Gasteiger partial charge >= 0.3 is 6.18 Å². The molecular formula is C38H42F4N4O2S. The zero-order valence-electron chi connectivity index (χ0n) is 41.1. The van der Waals surface area contributed by atoms with Crippen LogP contribution in [-0.4, -0.2) is 51.3 Å². The maximum Gasteiger partial charge on any atom is 0.416 e. The molecule has 49 heavy (non-hydrogen) atoms. The number of rotatable bonds is 13. The maximum atomic E-state index is 15.3. The third-order valence-corrected chi connectivity index (χ3v) is 8.71. The SMILES string of the molecule is [2H]c1c([2H])c(C([2H])([2H])N(C(=O)C([2H])(C)n2c(SCc3ccc(F)cc3)nc(=O)c3c2CCC3)C([2H])([2H])C([2H])([2H])N(CC)CC)c([2H])c([2H])c1-c1c([2H])c([2H])c(C(F)(F)F)c(C)c1[2H]. The standard InChI is InChI=1S/C38H42F4N4O2S/c1-5-44(6-2)20-21-45(23-27-10-14-29(15-11-27)30-16-19-33(25(3)22-30)38(40,41)42)36(48)26(4)46-34-9-7-8-32(34)35(47)43-37(46)49-24-28-12-17-31(39)18-13-28/h10-19,22,26H,5-9,20-21,23-24H2,1-4H3/i10D,11D,14D,15D,16D,19D,20D2,21D2,22D,23D2,26D. The van der Waals surface area contributed by atoms with E-state index in [0.717, 1.165) is 35.1 Å². The van der Waals surface area contributed by atoms with E-state index in [2.05, 4.69) is 4.98 Å². The molecule has 1 heterocycles. The van der Waals surface area contributed by atoms with Crippen LogP contribution in [0.2, 0.25) is 0 Å². The minimum absolute atomic E-state index is 0.00119. The molecule has 0 bridgehead atoms. The molecule has 0 N–H and O–H groups in total. The molecule has 3 aromatic carbocycles. The normalized spacial score (nSPS) is 19.1. The molecule has 1 aliphatic rings. The van der Waals surface area contributed by atoms with Crippen molar-refractivity contribution < 1.29 is 41.5 Å². The number of thioether (sulfide) groups is 1. The number of carbonyl (C=O) groups is 1. The van der Waals surface area contributed by atoms with Crippen LogP contribution in [0.5, 0.6) is 0 Å². The summed E-state index contributed by atoms with van der Waals surface area (Å²) in [6, 6.07) is -6.79. The molecule has 11 heteroatoms. The topological polar surface area (TPSA) is 58.4 Å². The van der Waals surface area contributed by atoms with Crippen molar-refractivity contribution in [1.82, 2.24) is 19.4 Å². The Morgan fingerprint density at radius 3 is 2.37 bits per heavy atom. The van der Waals surface area contributed by atoms with Crippen molar-refractivity contribution >= 4 is 17.7 Å². The zero-order valence-corrected chi connectivity index (χ0v) is 27.9. The van der Waals surface area contributed by atoms with Gasteiger partial charge in [0.25, 0.3) is 5.56 Å². The van der Waals surface area contributed by atoms with Crippen molar-refractivity contribution in [2.45, 2.75) is 76.6 Å². The number of carbonyl (C=O) groups excluding carboxylic acids is 1. The van der Waals surface area contributed by atoms with Gasteiger partial charge in [0.2, 0.25) is 5.91 Å². The maximum absolute atomic E-state index is 15.3. The summed E-state index contributed by atoms with van der Waals surface area (Å²) in [6.07, 6.45) is -4.59. The Morgan fingerprint density at radius 2 is 1.71 bits per heavy atom. The molecule has 1 aliphatic carbocycles. The first-order valence-corrected chi connectivity index (χ1v) is 16.3. The molecule has 1 atom stereocenters. The number of benzene rings is 3. The number of amides is 1. The Balaban J connectivity index is 1.81. The lowest BCUT2D eigenvalue weighted by Gasteiger charge is -2.31. The summed E-state index contributed by atoms with van der Waals surface area (Å²) in [5.74, 6) is -2.37. The van der Waals surface area contributed by atoms with Gasteiger partial charge in [0, 0.05) is 39.2 Å². The van der Waals surface area contributed by atoms with Crippen LogP contribution >= 0.6 is 11.8 Å². The van der Waals surface area contributed by atoms with E-state index < -0.39 is 119 Å². The van der Waals surface area contributed by atoms with Gasteiger partial charge in [0.1, 0.15) is 11.8 Å². The second kappa shape index (κ2) is 15.7. The number of alkyl halides is 3. The fourth-order valence-corrected chi connectivity index (χ4v) is 6.11. The molecule has 0 fully saturated rings. The van der Waals surface area contributed by atoms with E-state index in [-0.39, 0.29) is 53.0 Å². The predicted molar refractivity (Wildman–Crippen MR) is 186 cm³/mol. The minimum atomic E-state index is -5.20. The van der Waals surface area contributed by atoms with Crippen LogP contribution in [0.3, 0.4) is 0 Å². The van der Waals surface area contributed by atoms with Crippen molar-refractivity contribution in [2.75, 3.05) is 26.1 Å². The van der Waals surface area contributed by atoms with Crippen LogP contribution in [0, 0.1) is 12.7 Å². The van der Waals surface area contributed by atoms with Gasteiger partial charge in [-0.05, 0) is 92.2 Å². The van der Waals surface area contributed by atoms with Gasteiger partial charge in [0.15, 0.2) is 5.16 Å². The Kier molecular flexibility index (Phi) is 7.05. The molecule has 1 unspecified atom stereocenters. The molecule has 4 aromatic rings. The molecule has 260 valence electrons. The lowest BCUT2D eigenvalue weighted by atomic mass is 9.98. The molecule has 0 aliphatic heterocycles. The first-order valence-electron chi connectivity index (χ1n) is 22.3. The Labute approximate surface area is 308 Å². The molecule has 0 saturated heterocycles. The van der Waals surface area contributed by atoms with Crippen molar-refractivity contribution in [2.24, 2.45) is 0 Å². The van der Waals surface area contributed by atoms with Crippen LogP contribution in [0.15, 0.2) is 76.5 Å². The fraction of sp³-hybridized carbons (Fsp3) is 0.395. The first-order chi connectivity index (χ1) is 28.9. The van der Waals surface area contributed by atoms with Gasteiger partial charge in [0.05, 0.1) is 22.0 Å². The van der Waals surface area contributed by atoms with Gasteiger partial charge in [-0.15, -0.1) is 0 Å². The number of aromatic nitrogens is 2. The van der Waals surface area contributed by atoms with E-state index in [4.69, 9.17) is 12.3 Å². The van der Waals surface area contributed by atoms with Crippen LogP contribution in [0.4, 0.5) is 17.6 Å². The van der Waals surface area contributed by atoms with Crippen molar-refractivity contribution in [1.29, 1.82) is 0 Å². The number of hydrogen-bond acceptors (Lipinski definition) is 5. The smallest absolute Gasteiger partial charge is 0.335 e. The number of halogens is 4. The third kappa shape index (κ3) is 8.62. The highest BCUT2D eigenvalue weighted by Crippen LogP contribution is 2.34. The van der Waals surface area contributed by atoms with Crippen molar-refractivity contribution in [3.8, 4) is 11.1 Å². The highest BCUT2D eigenvalue weighted by molar-refractivity contribution is 7.98. The fourth-order valence-electron chi connectivity index (χ4n) is 5.10. The van der Waals surface area contributed by atoms with E-state index in [1.54, 1.807) is 0 Å². The number of fused-ring (bicyclic) bond motifs is 1. The monoisotopic (exact) mass is 708 g/mol. The van der Waals surface area contributed by atoms with Crippen LogP contribution < -0.4 is 5.56 Å². The number of hydrogen-bond donors (Lipinski definition) is 0. The minimum Gasteiger partial charge on any atom is -0.335 e. The summed E-state index contributed by atoms with van der Waals surface area (Å²) < 4.78 is 182. The summed E-state index contributed by atoms with van der Waals surface area (Å²) >= 11 is 0.839. The van der Waals surface area contributed by atoms with Crippen LogP contribution in [-0.2, 0) is 36.1 Å². The average Bonchev–Trinajstić information content (AvgIpc) is 3.67. The summed E-state index contributed by atoms with van der Waals surface area (Å²) in [5.41, 5.74) is -5.78. The van der Waals surface area contributed by atoms with Gasteiger partial charge in [-0.3, -0.25) is 9.59 Å². The predicted octanol–water partition coefficient (Wildman–Crippen LogP) is 8.09. The second-order valence-electron chi connectivity index (χ2n) is 11.0. The highest BCUT2D eigenvalue weighted by atomic mass is 32.2. The largest absolute Gasteiger partial charge is 0.416 e. The molecule has 1 aromatic heterocycles. The second-order valence-corrected chi connectivity index (χ2v) is 11.9. The van der Waals surface area contributed by atoms with E-state index in [0.29, 0.717) is 12.0 Å². The zero-order chi connectivity index (χ0) is 47.7. The van der Waals surface area contributed by atoms with Crippen molar-refractivity contribution in [3.63, 3.8) is 0 Å². The van der Waals surface area contributed by atoms with Crippen LogP contribution in [0.25, 0.3) is 11.1 Å². The van der Waals surface area contributed by atoms with Crippen molar-refractivity contribution in [3.05, 3.63) is 116 Å². The van der Waals surface area contributed by atoms with Gasteiger partial charge in [-0.1, -0.05) is 74.0 Å². The quantitative estimate of drug-likeness (QED) is 0.0799. The molecule has 0 saturated carbocycles. The lowest BCUT2D eigenvalue weighted by Crippen LogP contribution is -2.42. The molecule has 5 rings (SSSR count). The average molecular weight is 709 g/mol. The van der Waals surface area contributed by atoms with E-state index in [1.807, 2.05) is 0 Å². The summed E-state index contributed by atoms with van der Waals surface area (Å²) in [6.45, 7) is -6.94. The molecular weight excluding hydrogens is 653 g/mol. The lowest BCUT2D eigenvalue weighted by molar-refractivity contribution is -0.138. The number of likely N-dealkylation sites (N-methyl/N-ethyl adjacent to an activating group) is 1. The Hall–Kier alpha value is -3.96. The van der Waals surface area contributed by atoms with Gasteiger partial charge in [-0.25, -0.2) is 4.39 Å². The molecule has 0 spiro atoms. The molecule has 1 amide bonds. The summed E-state index contributed by atoms with van der Waals surface area (Å²) in [4.78, 5) is 33.3. The summed E-state index contributed by atoms with van der Waals surface area (Å²) in [7, 11) is 0. The van der Waals surface area contributed by atoms with E-state index >= 15 is 4.79 Å². The highest BCUT2D eigenvalue weighted by Gasteiger charge is 2.32. The van der Waals surface area contributed by atoms with E-state index in [9.17, 15) is 29.2 Å². The van der Waals surface area contributed by atoms with Crippen LogP contribution in [0.1, 0.15) is 85.9 Å². The Bertz CT molecular complexity index is 2480. The Morgan fingerprint density at radius 1 is 1.04 bits per heavy atom. The van der Waals surface area contributed by atoms with Gasteiger partial charge in [-0.2, -0.15) is 18.2 Å². The van der Waals surface area contributed by atoms with Gasteiger partial charge < -0.3 is 14.4 Å². The first kappa shape index (κ1) is 22.0.